The number of aromatic nitrogens is 4. The molecule has 4 aromatic rings. The van der Waals surface area contributed by atoms with Crippen molar-refractivity contribution in [2.24, 2.45) is 5.41 Å². The van der Waals surface area contributed by atoms with Gasteiger partial charge in [0.15, 0.2) is 0 Å². The number of carbonyl (C=O) groups is 2. The van der Waals surface area contributed by atoms with Crippen LogP contribution in [-0.4, -0.2) is 65.6 Å². The van der Waals surface area contributed by atoms with Gasteiger partial charge >= 0.3 is 5.69 Å². The number of aromatic amines is 1. The Morgan fingerprint density at radius 3 is 2.55 bits per heavy atom. The van der Waals surface area contributed by atoms with Gasteiger partial charge in [-0.1, -0.05) is 51.1 Å². The highest BCUT2D eigenvalue weighted by atomic mass is 32.2. The maximum Gasteiger partial charge on any atom is 0.326 e. The van der Waals surface area contributed by atoms with Crippen LogP contribution in [0, 0.1) is 5.41 Å². The van der Waals surface area contributed by atoms with Crippen molar-refractivity contribution in [2.45, 2.75) is 63.1 Å². The van der Waals surface area contributed by atoms with E-state index in [1.807, 2.05) is 67.6 Å². The number of hydrogen-bond acceptors (Lipinski definition) is 5. The van der Waals surface area contributed by atoms with Crippen molar-refractivity contribution in [3.63, 3.8) is 0 Å². The lowest BCUT2D eigenvalue weighted by molar-refractivity contribution is -0.136. The maximum absolute atomic E-state index is 13.9. The number of imidazole rings is 2. The third kappa shape index (κ3) is 5.64. The molecule has 2 saturated heterocycles. The summed E-state index contributed by atoms with van der Waals surface area (Å²) in [5.74, 6) is 0.0353. The number of piperidine rings is 1. The number of H-pyrrole nitrogens is 1. The van der Waals surface area contributed by atoms with Crippen LogP contribution in [0.25, 0.3) is 16.7 Å². The molecule has 4 heterocycles. The number of fused-ring (bicyclic) bond motifs is 1. The van der Waals surface area contributed by atoms with Crippen LogP contribution in [0.3, 0.4) is 0 Å². The number of thioether (sulfide) groups is 1. The molecule has 0 bridgehead atoms. The van der Waals surface area contributed by atoms with E-state index in [-0.39, 0.29) is 42.2 Å². The first kappa shape index (κ1) is 28.3. The molecule has 2 unspecified atom stereocenters. The summed E-state index contributed by atoms with van der Waals surface area (Å²) in [6, 6.07) is 15.9. The van der Waals surface area contributed by atoms with Crippen LogP contribution in [0.2, 0.25) is 0 Å². The van der Waals surface area contributed by atoms with E-state index in [9.17, 15) is 14.4 Å². The summed E-state index contributed by atoms with van der Waals surface area (Å²) in [6.45, 7) is 8.33. The van der Waals surface area contributed by atoms with Gasteiger partial charge in [0.2, 0.25) is 11.8 Å². The Kier molecular flexibility index (Phi) is 7.74. The van der Waals surface area contributed by atoms with Crippen LogP contribution in [-0.2, 0) is 9.59 Å². The van der Waals surface area contributed by atoms with E-state index in [1.165, 1.54) is 0 Å². The van der Waals surface area contributed by atoms with Gasteiger partial charge < -0.3 is 19.4 Å². The maximum atomic E-state index is 13.9. The van der Waals surface area contributed by atoms with Crippen molar-refractivity contribution in [2.75, 3.05) is 19.6 Å². The van der Waals surface area contributed by atoms with E-state index >= 15 is 0 Å². The predicted octanol–water partition coefficient (Wildman–Crippen LogP) is 5.39. The van der Waals surface area contributed by atoms with E-state index in [1.54, 1.807) is 24.3 Å². The fraction of sp³-hybridized carbons (Fsp3) is 0.438. The average Bonchev–Trinajstić information content (AvgIpc) is 3.69. The molecule has 2 aliphatic rings. The number of amides is 2. The summed E-state index contributed by atoms with van der Waals surface area (Å²) < 4.78 is 3.81. The van der Waals surface area contributed by atoms with Crippen molar-refractivity contribution in [1.82, 2.24) is 28.9 Å². The van der Waals surface area contributed by atoms with Crippen LogP contribution in [0.15, 0.2) is 72.0 Å². The molecule has 2 amide bonds. The zero-order chi connectivity index (χ0) is 29.4. The van der Waals surface area contributed by atoms with E-state index in [0.717, 1.165) is 28.7 Å². The third-order valence-electron chi connectivity index (χ3n) is 8.39. The molecule has 10 heteroatoms. The van der Waals surface area contributed by atoms with E-state index in [2.05, 4.69) is 36.8 Å². The van der Waals surface area contributed by atoms with Gasteiger partial charge in [-0.25, -0.2) is 9.78 Å². The van der Waals surface area contributed by atoms with Crippen LogP contribution in [0.1, 0.15) is 64.9 Å². The molecule has 0 aliphatic carbocycles. The second-order valence-electron chi connectivity index (χ2n) is 12.5. The molecule has 2 fully saturated rings. The number of para-hydroxylation sites is 3. The minimum Gasteiger partial charge on any atom is -0.342 e. The summed E-state index contributed by atoms with van der Waals surface area (Å²) in [5, 5.41) is -0.622. The lowest BCUT2D eigenvalue weighted by Gasteiger charge is -2.33. The zero-order valence-corrected chi connectivity index (χ0v) is 25.2. The number of benzene rings is 2. The second kappa shape index (κ2) is 11.5. The smallest absolute Gasteiger partial charge is 0.326 e. The van der Waals surface area contributed by atoms with E-state index in [4.69, 9.17) is 0 Å². The molecule has 2 atom stereocenters. The molecule has 1 N–H and O–H groups in total. The third-order valence-corrected chi connectivity index (χ3v) is 9.85. The largest absolute Gasteiger partial charge is 0.342 e. The molecular formula is C32H40N6O3S. The fourth-order valence-electron chi connectivity index (χ4n) is 6.08. The SMILES string of the molecule is CC(C)(C)CCN1C(=O)C(CC(=O)N2CCC(n3c(=O)[nH]c4ccccc43)CC2)SC1c1ccccc1-n1ccnc1.[HH]. The van der Waals surface area contributed by atoms with Crippen LogP contribution in [0.4, 0.5) is 0 Å². The Balaban J connectivity index is 0.00000368. The number of rotatable bonds is 7. The number of hydrogen-bond donors (Lipinski definition) is 1. The first-order valence-corrected chi connectivity index (χ1v) is 15.6. The summed E-state index contributed by atoms with van der Waals surface area (Å²) >= 11 is 1.58. The molecule has 2 aromatic carbocycles. The number of nitrogens with zero attached hydrogens (tertiary/aromatic N) is 5. The molecule has 222 valence electrons. The van der Waals surface area contributed by atoms with Crippen LogP contribution >= 0.6 is 11.8 Å². The molecule has 6 rings (SSSR count). The monoisotopic (exact) mass is 588 g/mol. The van der Waals surface area contributed by atoms with Gasteiger partial charge in [0, 0.05) is 51.5 Å². The average molecular weight is 589 g/mol. The van der Waals surface area contributed by atoms with Crippen LogP contribution < -0.4 is 5.69 Å². The van der Waals surface area contributed by atoms with E-state index in [0.29, 0.717) is 32.5 Å². The Morgan fingerprint density at radius 1 is 1.07 bits per heavy atom. The zero-order valence-electron chi connectivity index (χ0n) is 24.4. The summed E-state index contributed by atoms with van der Waals surface area (Å²) in [7, 11) is 0. The van der Waals surface area contributed by atoms with Gasteiger partial charge in [0.1, 0.15) is 5.37 Å². The Morgan fingerprint density at radius 2 is 1.81 bits per heavy atom. The molecular weight excluding hydrogens is 548 g/mol. The topological polar surface area (TPSA) is 96.2 Å². The number of carbonyl (C=O) groups excluding carboxylic acids is 2. The lowest BCUT2D eigenvalue weighted by atomic mass is 9.92. The van der Waals surface area contributed by atoms with Gasteiger partial charge in [-0.15, -0.1) is 11.8 Å². The minimum atomic E-state index is -0.438. The Bertz CT molecular complexity index is 1630. The molecule has 0 radical (unpaired) electrons. The first-order valence-electron chi connectivity index (χ1n) is 14.7. The summed E-state index contributed by atoms with van der Waals surface area (Å²) in [4.78, 5) is 51.1. The molecule has 42 heavy (non-hydrogen) atoms. The van der Waals surface area contributed by atoms with Gasteiger partial charge in [0.25, 0.3) is 0 Å². The lowest BCUT2D eigenvalue weighted by Crippen LogP contribution is -2.42. The molecule has 2 aliphatic heterocycles. The minimum absolute atomic E-state index is 0. The highest BCUT2D eigenvalue weighted by Gasteiger charge is 2.43. The van der Waals surface area contributed by atoms with Crippen molar-refractivity contribution in [1.29, 1.82) is 0 Å². The van der Waals surface area contributed by atoms with Crippen LogP contribution in [0.5, 0.6) is 0 Å². The number of likely N-dealkylation sites (tertiary alicyclic amines) is 1. The highest BCUT2D eigenvalue weighted by molar-refractivity contribution is 8.01. The summed E-state index contributed by atoms with van der Waals surface area (Å²) in [5.41, 5.74) is 3.73. The van der Waals surface area contributed by atoms with Crippen molar-refractivity contribution in [3.8, 4) is 5.69 Å². The van der Waals surface area contributed by atoms with Gasteiger partial charge in [-0.2, -0.15) is 0 Å². The Labute approximate surface area is 251 Å². The molecule has 0 saturated carbocycles. The molecule has 9 nitrogen and oxygen atoms in total. The van der Waals surface area contributed by atoms with Gasteiger partial charge in [-0.3, -0.25) is 14.2 Å². The quantitative estimate of drug-likeness (QED) is 0.312. The van der Waals surface area contributed by atoms with Crippen molar-refractivity contribution >= 4 is 34.6 Å². The summed E-state index contributed by atoms with van der Waals surface area (Å²) in [6.07, 6.45) is 7.89. The second-order valence-corrected chi connectivity index (χ2v) is 13.8. The van der Waals surface area contributed by atoms with E-state index < -0.39 is 5.25 Å². The van der Waals surface area contributed by atoms with Gasteiger partial charge in [-0.05, 0) is 42.9 Å². The fourth-order valence-corrected chi connectivity index (χ4v) is 7.58. The normalized spacial score (nSPS) is 20.1. The first-order chi connectivity index (χ1) is 20.2. The predicted molar refractivity (Wildman–Crippen MR) is 168 cm³/mol. The molecule has 0 spiro atoms. The Hall–Kier alpha value is -3.79. The molecule has 2 aromatic heterocycles. The standard InChI is InChI=1S/C32H38N6O3S.H2/c1-32(2,3)14-18-37-29(40)27(42-30(37)23-8-4-6-10-25(23)36-19-15-33-21-36)20-28(39)35-16-12-22(13-17-35)38-26-11-7-5-9-24(26)34-31(38)41;/h4-11,15,19,21-22,27,30H,12-14,16-18,20H2,1-3H3,(H,34,41);1H. The highest BCUT2D eigenvalue weighted by Crippen LogP contribution is 2.46. The number of nitrogens with one attached hydrogen (secondary N) is 1. The van der Waals surface area contributed by atoms with Crippen molar-refractivity contribution in [3.05, 3.63) is 83.3 Å². The van der Waals surface area contributed by atoms with Crippen molar-refractivity contribution < 1.29 is 11.0 Å². The van der Waals surface area contributed by atoms with Gasteiger partial charge in [0.05, 0.1) is 28.3 Å².